The molecule has 114 valence electrons. The molecular formula is C18H24BrNO. The summed E-state index contributed by atoms with van der Waals surface area (Å²) in [5, 5.41) is 5.90. The summed E-state index contributed by atoms with van der Waals surface area (Å²) < 4.78 is 7.27. The van der Waals surface area contributed by atoms with Crippen molar-refractivity contribution < 1.29 is 4.74 Å². The molecule has 2 nitrogen and oxygen atoms in total. The van der Waals surface area contributed by atoms with E-state index in [1.165, 1.54) is 10.8 Å². The van der Waals surface area contributed by atoms with E-state index in [1.807, 2.05) is 0 Å². The Labute approximate surface area is 136 Å². The summed E-state index contributed by atoms with van der Waals surface area (Å²) in [7, 11) is 0. The van der Waals surface area contributed by atoms with Gasteiger partial charge in [0.15, 0.2) is 0 Å². The molecule has 0 fully saturated rings. The zero-order chi connectivity index (χ0) is 15.1. The number of ether oxygens (including phenoxy) is 1. The molecule has 21 heavy (non-hydrogen) atoms. The third-order valence-electron chi connectivity index (χ3n) is 3.49. The lowest BCUT2D eigenvalue weighted by Crippen LogP contribution is -2.31. The molecule has 0 aliphatic carbocycles. The lowest BCUT2D eigenvalue weighted by molar-refractivity contribution is 0.187. The van der Waals surface area contributed by atoms with Crippen molar-refractivity contribution in [2.45, 2.75) is 39.2 Å². The first kappa shape index (κ1) is 16.3. The molecule has 0 aliphatic rings. The topological polar surface area (TPSA) is 21.3 Å². The molecular weight excluding hydrogens is 326 g/mol. The number of hydrogen-bond acceptors (Lipinski definition) is 2. The van der Waals surface area contributed by atoms with Crippen LogP contribution in [0.1, 0.15) is 33.1 Å². The summed E-state index contributed by atoms with van der Waals surface area (Å²) in [5.41, 5.74) is 0. The van der Waals surface area contributed by atoms with E-state index in [0.717, 1.165) is 42.6 Å². The first-order valence-corrected chi connectivity index (χ1v) is 8.59. The Bertz CT molecular complexity index is 570. The van der Waals surface area contributed by atoms with Crippen LogP contribution in [0.3, 0.4) is 0 Å². The Kier molecular flexibility index (Phi) is 6.52. The van der Waals surface area contributed by atoms with Gasteiger partial charge in [0.1, 0.15) is 11.9 Å². The number of benzene rings is 2. The molecule has 0 spiro atoms. The van der Waals surface area contributed by atoms with Gasteiger partial charge in [-0.1, -0.05) is 48.3 Å². The van der Waals surface area contributed by atoms with Crippen LogP contribution in [0.2, 0.25) is 0 Å². The number of nitrogens with one attached hydrogen (secondary N) is 1. The van der Waals surface area contributed by atoms with Crippen LogP contribution in [0.5, 0.6) is 5.75 Å². The fourth-order valence-electron chi connectivity index (χ4n) is 2.42. The van der Waals surface area contributed by atoms with Crippen molar-refractivity contribution in [2.24, 2.45) is 0 Å². The second-order valence-electron chi connectivity index (χ2n) is 5.39. The monoisotopic (exact) mass is 349 g/mol. The smallest absolute Gasteiger partial charge is 0.120 e. The minimum atomic E-state index is 0.245. The Balaban J connectivity index is 2.06. The number of hydrogen-bond donors (Lipinski definition) is 1. The predicted molar refractivity (Wildman–Crippen MR) is 94.1 cm³/mol. The fraction of sp³-hybridized carbons (Fsp3) is 0.444. The molecule has 0 heterocycles. The molecule has 0 amide bonds. The van der Waals surface area contributed by atoms with Gasteiger partial charge in [0.25, 0.3) is 0 Å². The van der Waals surface area contributed by atoms with E-state index < -0.39 is 0 Å². The van der Waals surface area contributed by atoms with E-state index >= 15 is 0 Å². The van der Waals surface area contributed by atoms with Crippen LogP contribution in [0.4, 0.5) is 0 Å². The largest absolute Gasteiger partial charge is 0.489 e. The maximum absolute atomic E-state index is 6.17. The first-order valence-electron chi connectivity index (χ1n) is 7.79. The third-order valence-corrected chi connectivity index (χ3v) is 3.98. The zero-order valence-corrected chi connectivity index (χ0v) is 14.4. The SMILES string of the molecule is CCCNCC(CCC)Oc1ccc2cc(Br)ccc2c1. The Morgan fingerprint density at radius 2 is 1.81 bits per heavy atom. The number of halogens is 1. The van der Waals surface area contributed by atoms with E-state index in [-0.39, 0.29) is 6.10 Å². The maximum atomic E-state index is 6.17. The van der Waals surface area contributed by atoms with Gasteiger partial charge in [-0.2, -0.15) is 0 Å². The van der Waals surface area contributed by atoms with Gasteiger partial charge in [0.05, 0.1) is 0 Å². The highest BCUT2D eigenvalue weighted by Crippen LogP contribution is 2.25. The van der Waals surface area contributed by atoms with Crippen molar-refractivity contribution in [3.8, 4) is 5.75 Å². The molecule has 1 atom stereocenters. The molecule has 0 radical (unpaired) electrons. The van der Waals surface area contributed by atoms with Gasteiger partial charge in [-0.05, 0) is 54.4 Å². The van der Waals surface area contributed by atoms with Crippen molar-refractivity contribution in [1.29, 1.82) is 0 Å². The minimum Gasteiger partial charge on any atom is -0.489 e. The van der Waals surface area contributed by atoms with Crippen LogP contribution in [0, 0.1) is 0 Å². The summed E-state index contributed by atoms with van der Waals surface area (Å²) in [4.78, 5) is 0. The molecule has 0 bridgehead atoms. The van der Waals surface area contributed by atoms with Crippen molar-refractivity contribution in [1.82, 2.24) is 5.32 Å². The van der Waals surface area contributed by atoms with Gasteiger partial charge in [0.2, 0.25) is 0 Å². The highest BCUT2D eigenvalue weighted by Gasteiger charge is 2.09. The van der Waals surface area contributed by atoms with Crippen molar-refractivity contribution >= 4 is 26.7 Å². The normalized spacial score (nSPS) is 12.5. The molecule has 0 saturated heterocycles. The average molecular weight is 350 g/mol. The Morgan fingerprint density at radius 1 is 1.05 bits per heavy atom. The molecule has 2 aromatic carbocycles. The lowest BCUT2D eigenvalue weighted by atomic mass is 10.1. The summed E-state index contributed by atoms with van der Waals surface area (Å²) >= 11 is 3.51. The van der Waals surface area contributed by atoms with Crippen molar-refractivity contribution in [2.75, 3.05) is 13.1 Å². The van der Waals surface area contributed by atoms with E-state index in [2.05, 4.69) is 71.5 Å². The standard InChI is InChI=1S/C18H24BrNO/c1-3-5-18(13-20-10-4-2)21-17-9-7-14-11-16(19)8-6-15(14)12-17/h6-9,11-12,18,20H,3-5,10,13H2,1-2H3. The predicted octanol–water partition coefficient (Wildman–Crippen LogP) is 5.15. The zero-order valence-electron chi connectivity index (χ0n) is 12.9. The van der Waals surface area contributed by atoms with Crippen molar-refractivity contribution in [3.05, 3.63) is 40.9 Å². The highest BCUT2D eigenvalue weighted by atomic mass is 79.9. The van der Waals surface area contributed by atoms with E-state index in [4.69, 9.17) is 4.74 Å². The van der Waals surface area contributed by atoms with Crippen LogP contribution in [0.15, 0.2) is 40.9 Å². The van der Waals surface area contributed by atoms with Gasteiger partial charge in [-0.15, -0.1) is 0 Å². The molecule has 0 aromatic heterocycles. The highest BCUT2D eigenvalue weighted by molar-refractivity contribution is 9.10. The van der Waals surface area contributed by atoms with Crippen LogP contribution in [-0.4, -0.2) is 19.2 Å². The van der Waals surface area contributed by atoms with Gasteiger partial charge in [0, 0.05) is 11.0 Å². The summed E-state index contributed by atoms with van der Waals surface area (Å²) in [6, 6.07) is 12.6. The molecule has 0 saturated carbocycles. The van der Waals surface area contributed by atoms with Crippen LogP contribution in [0.25, 0.3) is 10.8 Å². The van der Waals surface area contributed by atoms with Crippen LogP contribution >= 0.6 is 15.9 Å². The molecule has 1 N–H and O–H groups in total. The quantitative estimate of drug-likeness (QED) is 0.665. The van der Waals surface area contributed by atoms with Crippen molar-refractivity contribution in [3.63, 3.8) is 0 Å². The van der Waals surface area contributed by atoms with Gasteiger partial charge in [-0.25, -0.2) is 0 Å². The maximum Gasteiger partial charge on any atom is 0.120 e. The minimum absolute atomic E-state index is 0.245. The lowest BCUT2D eigenvalue weighted by Gasteiger charge is -2.19. The van der Waals surface area contributed by atoms with Crippen LogP contribution in [-0.2, 0) is 0 Å². The van der Waals surface area contributed by atoms with E-state index in [1.54, 1.807) is 0 Å². The molecule has 0 aliphatic heterocycles. The molecule has 3 heteroatoms. The fourth-order valence-corrected chi connectivity index (χ4v) is 2.80. The number of rotatable bonds is 8. The van der Waals surface area contributed by atoms with Gasteiger partial charge < -0.3 is 10.1 Å². The molecule has 2 rings (SSSR count). The Hall–Kier alpha value is -1.06. The third kappa shape index (κ3) is 5.01. The summed E-state index contributed by atoms with van der Waals surface area (Å²) in [6.45, 7) is 6.35. The van der Waals surface area contributed by atoms with Crippen LogP contribution < -0.4 is 10.1 Å². The molecule has 1 unspecified atom stereocenters. The second kappa shape index (κ2) is 8.40. The summed E-state index contributed by atoms with van der Waals surface area (Å²) in [6.07, 6.45) is 3.62. The Morgan fingerprint density at radius 3 is 2.57 bits per heavy atom. The molecule has 2 aromatic rings. The van der Waals surface area contributed by atoms with E-state index in [9.17, 15) is 0 Å². The van der Waals surface area contributed by atoms with E-state index in [0.29, 0.717) is 0 Å². The van der Waals surface area contributed by atoms with Gasteiger partial charge in [-0.3, -0.25) is 0 Å². The summed E-state index contributed by atoms with van der Waals surface area (Å²) in [5.74, 6) is 0.960. The number of fused-ring (bicyclic) bond motifs is 1. The average Bonchev–Trinajstić information content (AvgIpc) is 2.48. The first-order chi connectivity index (χ1) is 10.2. The second-order valence-corrected chi connectivity index (χ2v) is 6.30. The van der Waals surface area contributed by atoms with Gasteiger partial charge >= 0.3 is 0 Å².